The Morgan fingerprint density at radius 1 is 0.297 bits per heavy atom. The van der Waals surface area contributed by atoms with Gasteiger partial charge in [-0.15, -0.1) is 0 Å². The molecule has 1 heteroatoms. The fourth-order valence-electron chi connectivity index (χ4n) is 4.80. The molecule has 6 aromatic carbocycles. The van der Waals surface area contributed by atoms with E-state index in [4.69, 9.17) is 0 Å². The van der Waals surface area contributed by atoms with Crippen molar-refractivity contribution in [3.63, 3.8) is 0 Å². The van der Waals surface area contributed by atoms with Crippen LogP contribution in [0.4, 0.5) is 0 Å². The normalized spacial score (nSPS) is 10.9. The molecule has 0 N–H and O–H groups in total. The Bertz CT molecular complexity index is 1480. The predicted molar refractivity (Wildman–Crippen MR) is 158 cm³/mol. The molecule has 0 aliphatic heterocycles. The lowest BCUT2D eigenvalue weighted by atomic mass is 9.93. The average Bonchev–Trinajstić information content (AvgIpc) is 3.00. The van der Waals surface area contributed by atoms with Crippen molar-refractivity contribution in [1.29, 1.82) is 0 Å². The van der Waals surface area contributed by atoms with Gasteiger partial charge in [0.2, 0.25) is 0 Å². The third-order valence-electron chi connectivity index (χ3n) is 6.53. The average molecular weight is 492 g/mol. The van der Waals surface area contributed by atoms with Crippen LogP contribution in [0.3, 0.4) is 0 Å². The van der Waals surface area contributed by atoms with Gasteiger partial charge in [0.1, 0.15) is 10.9 Å². The van der Waals surface area contributed by atoms with Crippen LogP contribution in [0.1, 0.15) is 0 Å². The van der Waals surface area contributed by atoms with Crippen LogP contribution in [0.25, 0.3) is 33.4 Å². The highest BCUT2D eigenvalue weighted by molar-refractivity contribution is 7.97. The summed E-state index contributed by atoms with van der Waals surface area (Å²) in [6.45, 7) is 0. The maximum atomic E-state index is 2.39. The maximum Gasteiger partial charge on any atom is 0.182 e. The zero-order valence-electron chi connectivity index (χ0n) is 20.5. The molecule has 6 rings (SSSR count). The first-order valence-corrected chi connectivity index (χ1v) is 13.8. The van der Waals surface area contributed by atoms with Gasteiger partial charge in [-0.2, -0.15) is 0 Å². The second-order valence-corrected chi connectivity index (χ2v) is 10.9. The number of rotatable bonds is 6. The highest BCUT2D eigenvalue weighted by Gasteiger charge is 2.35. The minimum atomic E-state index is -0.303. The molecule has 0 radical (unpaired) electrons. The van der Waals surface area contributed by atoms with E-state index < -0.39 is 0 Å². The van der Waals surface area contributed by atoms with Crippen LogP contribution in [0.5, 0.6) is 0 Å². The van der Waals surface area contributed by atoms with Crippen LogP contribution in [0, 0.1) is 0 Å². The maximum absolute atomic E-state index is 2.39. The molecule has 0 fully saturated rings. The topological polar surface area (TPSA) is 0 Å². The Labute approximate surface area is 222 Å². The van der Waals surface area contributed by atoms with Gasteiger partial charge >= 0.3 is 0 Å². The van der Waals surface area contributed by atoms with Gasteiger partial charge in [-0.3, -0.25) is 0 Å². The Kier molecular flexibility index (Phi) is 6.70. The van der Waals surface area contributed by atoms with E-state index >= 15 is 0 Å². The van der Waals surface area contributed by atoms with Crippen molar-refractivity contribution < 1.29 is 0 Å². The third-order valence-corrected chi connectivity index (χ3v) is 8.86. The van der Waals surface area contributed by atoms with E-state index in [1.807, 2.05) is 0 Å². The second-order valence-electron chi connectivity index (χ2n) is 8.93. The highest BCUT2D eigenvalue weighted by atomic mass is 32.2. The SMILES string of the molecule is c1ccc(-c2cc(-c3ccccc3)c([S+](c3ccccc3)c3ccccc3)c(-c3ccccc3)c2)cc1. The Balaban J connectivity index is 1.74. The Hall–Kier alpha value is -4.33. The summed E-state index contributed by atoms with van der Waals surface area (Å²) in [5.41, 5.74) is 7.47. The fourth-order valence-corrected chi connectivity index (χ4v) is 7.19. The molecular weight excluding hydrogens is 464 g/mol. The van der Waals surface area contributed by atoms with Crippen LogP contribution in [-0.2, 0) is 10.9 Å². The van der Waals surface area contributed by atoms with E-state index in [1.165, 1.54) is 48.1 Å². The molecule has 176 valence electrons. The Morgan fingerprint density at radius 2 is 0.622 bits per heavy atom. The molecule has 0 saturated heterocycles. The van der Waals surface area contributed by atoms with Crippen molar-refractivity contribution in [2.75, 3.05) is 0 Å². The third kappa shape index (κ3) is 4.87. The first-order chi connectivity index (χ1) is 18.4. The van der Waals surface area contributed by atoms with Crippen molar-refractivity contribution in [3.05, 3.63) is 164 Å². The lowest BCUT2D eigenvalue weighted by Crippen LogP contribution is -2.09. The molecule has 0 unspecified atom stereocenters. The van der Waals surface area contributed by atoms with E-state index in [1.54, 1.807) is 0 Å². The van der Waals surface area contributed by atoms with Gasteiger partial charge in [-0.25, -0.2) is 0 Å². The van der Waals surface area contributed by atoms with Gasteiger partial charge in [0.15, 0.2) is 14.7 Å². The standard InChI is InChI=1S/C36H27S/c1-6-16-28(17-7-1)31-26-34(29-18-8-2-9-19-29)36(35(27-31)30-20-10-3-11-21-30)37(32-22-12-4-13-23-32)33-24-14-5-15-25-33/h1-27H/q+1. The molecule has 0 saturated carbocycles. The van der Waals surface area contributed by atoms with Gasteiger partial charge in [-0.1, -0.05) is 127 Å². The van der Waals surface area contributed by atoms with Gasteiger partial charge < -0.3 is 0 Å². The Morgan fingerprint density at radius 3 is 1.00 bits per heavy atom. The zero-order chi connectivity index (χ0) is 24.9. The second kappa shape index (κ2) is 10.7. The van der Waals surface area contributed by atoms with Crippen molar-refractivity contribution >= 4 is 10.9 Å². The minimum Gasteiger partial charge on any atom is -0.0622 e. The summed E-state index contributed by atoms with van der Waals surface area (Å²) in [4.78, 5) is 3.99. The van der Waals surface area contributed by atoms with Gasteiger partial charge in [0, 0.05) is 11.1 Å². The predicted octanol–water partition coefficient (Wildman–Crippen LogP) is 9.78. The molecule has 0 bridgehead atoms. The van der Waals surface area contributed by atoms with Crippen molar-refractivity contribution in [1.82, 2.24) is 0 Å². The molecule has 0 nitrogen and oxygen atoms in total. The van der Waals surface area contributed by atoms with Crippen LogP contribution in [0.15, 0.2) is 178 Å². The molecule has 0 spiro atoms. The largest absolute Gasteiger partial charge is 0.182 e. The summed E-state index contributed by atoms with van der Waals surface area (Å²) >= 11 is 0. The molecule has 0 atom stereocenters. The number of hydrogen-bond donors (Lipinski definition) is 0. The molecule has 6 aromatic rings. The first kappa shape index (κ1) is 23.1. The van der Waals surface area contributed by atoms with E-state index in [0.29, 0.717) is 0 Å². The smallest absolute Gasteiger partial charge is 0.0622 e. The first-order valence-electron chi connectivity index (χ1n) is 12.6. The molecule has 0 aliphatic carbocycles. The van der Waals surface area contributed by atoms with Crippen LogP contribution in [-0.4, -0.2) is 0 Å². The molecular formula is C36H27S+. The summed E-state index contributed by atoms with van der Waals surface area (Å²) in [7, 11) is -0.303. The van der Waals surface area contributed by atoms with Crippen LogP contribution in [0.2, 0.25) is 0 Å². The number of hydrogen-bond acceptors (Lipinski definition) is 0. The van der Waals surface area contributed by atoms with E-state index in [9.17, 15) is 0 Å². The summed E-state index contributed by atoms with van der Waals surface area (Å²) in [6.07, 6.45) is 0. The summed E-state index contributed by atoms with van der Waals surface area (Å²) < 4.78 is 0. The highest BCUT2D eigenvalue weighted by Crippen LogP contribution is 2.45. The minimum absolute atomic E-state index is 0.303. The molecule has 0 heterocycles. The van der Waals surface area contributed by atoms with E-state index in [0.717, 1.165) is 0 Å². The van der Waals surface area contributed by atoms with Gasteiger partial charge in [0.05, 0.1) is 0 Å². The molecule has 37 heavy (non-hydrogen) atoms. The van der Waals surface area contributed by atoms with Crippen molar-refractivity contribution in [2.24, 2.45) is 0 Å². The van der Waals surface area contributed by atoms with Crippen LogP contribution < -0.4 is 0 Å². The molecule has 0 amide bonds. The molecule has 0 aromatic heterocycles. The van der Waals surface area contributed by atoms with E-state index in [-0.39, 0.29) is 10.9 Å². The lowest BCUT2D eigenvalue weighted by molar-refractivity contribution is 1.32. The summed E-state index contributed by atoms with van der Waals surface area (Å²) in [5, 5.41) is 0. The van der Waals surface area contributed by atoms with Gasteiger partial charge in [-0.05, 0) is 58.7 Å². The quantitative estimate of drug-likeness (QED) is 0.203. The van der Waals surface area contributed by atoms with E-state index in [2.05, 4.69) is 164 Å². The summed E-state index contributed by atoms with van der Waals surface area (Å²) in [5.74, 6) is 0. The molecule has 0 aliphatic rings. The van der Waals surface area contributed by atoms with Crippen molar-refractivity contribution in [3.8, 4) is 33.4 Å². The summed E-state index contributed by atoms with van der Waals surface area (Å²) in [6, 6.07) is 59.1. The lowest BCUT2D eigenvalue weighted by Gasteiger charge is -2.19. The fraction of sp³-hybridized carbons (Fsp3) is 0. The monoisotopic (exact) mass is 491 g/mol. The van der Waals surface area contributed by atoms with Crippen LogP contribution >= 0.6 is 0 Å². The number of benzene rings is 6. The zero-order valence-corrected chi connectivity index (χ0v) is 21.3. The van der Waals surface area contributed by atoms with Gasteiger partial charge in [0.25, 0.3) is 0 Å². The van der Waals surface area contributed by atoms with Crippen molar-refractivity contribution in [2.45, 2.75) is 14.7 Å².